The molecule has 2 rings (SSSR count). The van der Waals surface area contributed by atoms with E-state index in [1.807, 2.05) is 12.1 Å². The third kappa shape index (κ3) is 3.70. The van der Waals surface area contributed by atoms with Crippen molar-refractivity contribution < 1.29 is 4.74 Å². The van der Waals surface area contributed by atoms with Crippen LogP contribution in [0.5, 0.6) is 5.88 Å². The van der Waals surface area contributed by atoms with Crippen LogP contribution in [0.4, 0.5) is 0 Å². The molecule has 1 aliphatic carbocycles. The first-order chi connectivity index (χ1) is 8.81. The normalized spacial score (nSPS) is 23.9. The van der Waals surface area contributed by atoms with Crippen molar-refractivity contribution in [2.24, 2.45) is 5.92 Å². The third-order valence-electron chi connectivity index (χ3n) is 3.92. The fourth-order valence-electron chi connectivity index (χ4n) is 2.77. The standard InChI is InChI=1S/C15H24N2O/c1-3-12-6-4-7-13(10-12)16-11-14-8-5-9-15(17-14)18-2/h5,8-9,12-13,16H,3-4,6-7,10-11H2,1-2H3. The molecule has 2 atom stereocenters. The highest BCUT2D eigenvalue weighted by Gasteiger charge is 2.20. The first-order valence-electron chi connectivity index (χ1n) is 7.05. The minimum absolute atomic E-state index is 0.664. The molecule has 1 aromatic heterocycles. The van der Waals surface area contributed by atoms with Crippen molar-refractivity contribution in [3.05, 3.63) is 23.9 Å². The smallest absolute Gasteiger partial charge is 0.213 e. The van der Waals surface area contributed by atoms with Crippen LogP contribution in [0.2, 0.25) is 0 Å². The number of pyridine rings is 1. The number of hydrogen-bond acceptors (Lipinski definition) is 3. The van der Waals surface area contributed by atoms with Crippen molar-refractivity contribution in [2.75, 3.05) is 7.11 Å². The van der Waals surface area contributed by atoms with Gasteiger partial charge in [-0.15, -0.1) is 0 Å². The van der Waals surface area contributed by atoms with Gasteiger partial charge >= 0.3 is 0 Å². The topological polar surface area (TPSA) is 34.1 Å². The SMILES string of the molecule is CCC1CCCC(NCc2cccc(OC)n2)C1. The average Bonchev–Trinajstić information content (AvgIpc) is 2.45. The molecule has 1 fully saturated rings. The van der Waals surface area contributed by atoms with Gasteiger partial charge in [0.05, 0.1) is 12.8 Å². The van der Waals surface area contributed by atoms with Gasteiger partial charge in [0.2, 0.25) is 5.88 Å². The fraction of sp³-hybridized carbons (Fsp3) is 0.667. The van der Waals surface area contributed by atoms with E-state index >= 15 is 0 Å². The number of hydrogen-bond donors (Lipinski definition) is 1. The van der Waals surface area contributed by atoms with Crippen molar-refractivity contribution in [3.63, 3.8) is 0 Å². The molecule has 0 spiro atoms. The molecule has 0 aromatic carbocycles. The lowest BCUT2D eigenvalue weighted by molar-refractivity contribution is 0.277. The summed E-state index contributed by atoms with van der Waals surface area (Å²) in [6.45, 7) is 3.15. The molecule has 1 heterocycles. The van der Waals surface area contributed by atoms with Crippen molar-refractivity contribution in [1.29, 1.82) is 0 Å². The molecule has 0 radical (unpaired) electrons. The molecule has 0 amide bonds. The molecule has 0 bridgehead atoms. The minimum atomic E-state index is 0.664. The number of ether oxygens (including phenoxy) is 1. The van der Waals surface area contributed by atoms with E-state index in [9.17, 15) is 0 Å². The highest BCUT2D eigenvalue weighted by atomic mass is 16.5. The predicted octanol–water partition coefficient (Wildman–Crippen LogP) is 3.15. The zero-order chi connectivity index (χ0) is 12.8. The molecule has 0 aliphatic heterocycles. The zero-order valence-electron chi connectivity index (χ0n) is 11.5. The van der Waals surface area contributed by atoms with Crippen LogP contribution in [0.25, 0.3) is 0 Å². The van der Waals surface area contributed by atoms with E-state index in [1.54, 1.807) is 7.11 Å². The van der Waals surface area contributed by atoms with Crippen LogP contribution in [-0.2, 0) is 6.54 Å². The van der Waals surface area contributed by atoms with E-state index in [2.05, 4.69) is 23.3 Å². The maximum atomic E-state index is 5.14. The van der Waals surface area contributed by atoms with Gasteiger partial charge in [0, 0.05) is 18.7 Å². The van der Waals surface area contributed by atoms with E-state index in [1.165, 1.54) is 32.1 Å². The van der Waals surface area contributed by atoms with Gasteiger partial charge in [-0.25, -0.2) is 4.98 Å². The highest BCUT2D eigenvalue weighted by molar-refractivity contribution is 5.15. The molecule has 0 saturated heterocycles. The van der Waals surface area contributed by atoms with Crippen LogP contribution in [0.1, 0.15) is 44.7 Å². The number of nitrogens with zero attached hydrogens (tertiary/aromatic N) is 1. The maximum Gasteiger partial charge on any atom is 0.213 e. The van der Waals surface area contributed by atoms with Crippen LogP contribution in [0, 0.1) is 5.92 Å². The predicted molar refractivity (Wildman–Crippen MR) is 73.7 cm³/mol. The lowest BCUT2D eigenvalue weighted by Crippen LogP contribution is -2.33. The number of nitrogens with one attached hydrogen (secondary N) is 1. The first-order valence-corrected chi connectivity index (χ1v) is 7.05. The molecule has 1 aliphatic rings. The molecule has 1 N–H and O–H groups in total. The lowest BCUT2D eigenvalue weighted by atomic mass is 9.84. The molecule has 3 nitrogen and oxygen atoms in total. The van der Waals surface area contributed by atoms with Gasteiger partial charge in [-0.05, 0) is 24.8 Å². The molecule has 3 heteroatoms. The number of aromatic nitrogens is 1. The van der Waals surface area contributed by atoms with E-state index in [-0.39, 0.29) is 0 Å². The average molecular weight is 248 g/mol. The van der Waals surface area contributed by atoms with Gasteiger partial charge in [0.1, 0.15) is 0 Å². The summed E-state index contributed by atoms with van der Waals surface area (Å²) in [6.07, 6.45) is 6.71. The van der Waals surface area contributed by atoms with Gasteiger partial charge in [0.15, 0.2) is 0 Å². The maximum absolute atomic E-state index is 5.14. The van der Waals surface area contributed by atoms with Gasteiger partial charge in [-0.1, -0.05) is 32.3 Å². The summed E-state index contributed by atoms with van der Waals surface area (Å²) in [4.78, 5) is 4.43. The van der Waals surface area contributed by atoms with E-state index < -0.39 is 0 Å². The summed E-state index contributed by atoms with van der Waals surface area (Å²) in [5.41, 5.74) is 1.06. The first kappa shape index (κ1) is 13.3. The molecule has 1 saturated carbocycles. The number of rotatable bonds is 5. The van der Waals surface area contributed by atoms with E-state index in [4.69, 9.17) is 4.74 Å². The monoisotopic (exact) mass is 248 g/mol. The van der Waals surface area contributed by atoms with Crippen LogP contribution in [0.3, 0.4) is 0 Å². The van der Waals surface area contributed by atoms with Crippen molar-refractivity contribution in [3.8, 4) is 5.88 Å². The molecule has 100 valence electrons. The van der Waals surface area contributed by atoms with Crippen LogP contribution in [-0.4, -0.2) is 18.1 Å². The Morgan fingerprint density at radius 2 is 2.28 bits per heavy atom. The Hall–Kier alpha value is -1.09. The van der Waals surface area contributed by atoms with Gasteiger partial charge < -0.3 is 10.1 Å². The summed E-state index contributed by atoms with van der Waals surface area (Å²) >= 11 is 0. The summed E-state index contributed by atoms with van der Waals surface area (Å²) in [5.74, 6) is 1.61. The van der Waals surface area contributed by atoms with Gasteiger partial charge in [-0.2, -0.15) is 0 Å². The zero-order valence-corrected chi connectivity index (χ0v) is 11.5. The largest absolute Gasteiger partial charge is 0.481 e. The van der Waals surface area contributed by atoms with Crippen LogP contribution in [0.15, 0.2) is 18.2 Å². The van der Waals surface area contributed by atoms with Crippen molar-refractivity contribution >= 4 is 0 Å². The summed E-state index contributed by atoms with van der Waals surface area (Å²) in [7, 11) is 1.66. The summed E-state index contributed by atoms with van der Waals surface area (Å²) in [6, 6.07) is 6.60. The lowest BCUT2D eigenvalue weighted by Gasteiger charge is -2.29. The third-order valence-corrected chi connectivity index (χ3v) is 3.92. The van der Waals surface area contributed by atoms with E-state index in [0.717, 1.165) is 18.2 Å². The Bertz CT molecular complexity index is 367. The Balaban J connectivity index is 1.83. The Kier molecular flexibility index (Phi) is 5.00. The molecule has 1 aromatic rings. The van der Waals surface area contributed by atoms with Crippen LogP contribution < -0.4 is 10.1 Å². The molecule has 18 heavy (non-hydrogen) atoms. The number of methoxy groups -OCH3 is 1. The Morgan fingerprint density at radius 3 is 3.06 bits per heavy atom. The quantitative estimate of drug-likeness (QED) is 0.869. The van der Waals surface area contributed by atoms with E-state index in [0.29, 0.717) is 11.9 Å². The summed E-state index contributed by atoms with van der Waals surface area (Å²) < 4.78 is 5.14. The van der Waals surface area contributed by atoms with Gasteiger partial charge in [0.25, 0.3) is 0 Å². The molecular weight excluding hydrogens is 224 g/mol. The van der Waals surface area contributed by atoms with Crippen molar-refractivity contribution in [1.82, 2.24) is 10.3 Å². The minimum Gasteiger partial charge on any atom is -0.481 e. The second-order valence-electron chi connectivity index (χ2n) is 5.19. The fourth-order valence-corrected chi connectivity index (χ4v) is 2.77. The highest BCUT2D eigenvalue weighted by Crippen LogP contribution is 2.26. The van der Waals surface area contributed by atoms with Crippen LogP contribution >= 0.6 is 0 Å². The van der Waals surface area contributed by atoms with Crippen molar-refractivity contribution in [2.45, 2.75) is 51.6 Å². The Labute approximate surface area is 110 Å². The summed E-state index contributed by atoms with van der Waals surface area (Å²) in [5, 5.41) is 3.64. The molecular formula is C15H24N2O. The molecule has 2 unspecified atom stereocenters. The second kappa shape index (κ2) is 6.74. The van der Waals surface area contributed by atoms with Gasteiger partial charge in [-0.3, -0.25) is 0 Å². The second-order valence-corrected chi connectivity index (χ2v) is 5.19. The Morgan fingerprint density at radius 1 is 1.39 bits per heavy atom.